The summed E-state index contributed by atoms with van der Waals surface area (Å²) in [5, 5.41) is 5.82. The van der Waals surface area contributed by atoms with Crippen LogP contribution in [0.5, 0.6) is 0 Å². The summed E-state index contributed by atoms with van der Waals surface area (Å²) in [7, 11) is 0. The zero-order valence-electron chi connectivity index (χ0n) is 12.9. The lowest BCUT2D eigenvalue weighted by Gasteiger charge is -2.09. The molecule has 1 aliphatic heterocycles. The molecule has 0 bridgehead atoms. The second-order valence-electron chi connectivity index (χ2n) is 5.20. The van der Waals surface area contributed by atoms with Gasteiger partial charge < -0.3 is 10.6 Å². The molecule has 1 fully saturated rings. The van der Waals surface area contributed by atoms with Gasteiger partial charge in [0.25, 0.3) is 0 Å². The van der Waals surface area contributed by atoms with Gasteiger partial charge in [-0.05, 0) is 25.0 Å². The van der Waals surface area contributed by atoms with E-state index in [9.17, 15) is 9.59 Å². The fraction of sp³-hybridized carbons (Fsp3) is 0.438. The standard InChI is InChI=1S/C16H21N3O2S/c1-3-4-9-17-16-19-15(21)13(22-16)10-14(20)18-12-8-6-5-7-11(12)2/h5-8,13H,3-4,9-10H2,1-2H3,(H,18,20)(H,17,19,21)/t13-/m0/s1. The minimum absolute atomic E-state index is 0.139. The fourth-order valence-electron chi connectivity index (χ4n) is 2.04. The van der Waals surface area contributed by atoms with Gasteiger partial charge in [-0.25, -0.2) is 0 Å². The number of hydrogen-bond donors (Lipinski definition) is 2. The Hall–Kier alpha value is -1.82. The van der Waals surface area contributed by atoms with Gasteiger partial charge in [-0.1, -0.05) is 43.3 Å². The molecule has 1 aliphatic rings. The van der Waals surface area contributed by atoms with E-state index in [4.69, 9.17) is 0 Å². The van der Waals surface area contributed by atoms with E-state index in [1.165, 1.54) is 11.8 Å². The van der Waals surface area contributed by atoms with Crippen LogP contribution in [0.25, 0.3) is 0 Å². The SMILES string of the molecule is CCCCN=C1NC(=O)[C@H](CC(=O)Nc2ccccc2C)S1. The van der Waals surface area contributed by atoms with Crippen molar-refractivity contribution in [1.29, 1.82) is 0 Å². The first-order chi connectivity index (χ1) is 10.6. The van der Waals surface area contributed by atoms with Gasteiger partial charge in [0.1, 0.15) is 5.25 Å². The Morgan fingerprint density at radius 1 is 1.41 bits per heavy atom. The Kier molecular flexibility index (Phi) is 6.00. The molecule has 0 saturated carbocycles. The molecule has 1 heterocycles. The molecule has 0 unspecified atom stereocenters. The maximum absolute atomic E-state index is 12.1. The first-order valence-electron chi connectivity index (χ1n) is 7.47. The summed E-state index contributed by atoms with van der Waals surface area (Å²) < 4.78 is 0. The monoisotopic (exact) mass is 319 g/mol. The van der Waals surface area contributed by atoms with E-state index in [0.717, 1.165) is 24.1 Å². The predicted molar refractivity (Wildman–Crippen MR) is 91.2 cm³/mol. The molecule has 1 atom stereocenters. The largest absolute Gasteiger partial charge is 0.326 e. The van der Waals surface area contributed by atoms with Gasteiger partial charge in [0.15, 0.2) is 5.17 Å². The Labute approximate surface area is 135 Å². The molecule has 118 valence electrons. The van der Waals surface area contributed by atoms with Gasteiger partial charge in [-0.2, -0.15) is 0 Å². The second kappa shape index (κ2) is 7.98. The van der Waals surface area contributed by atoms with Gasteiger partial charge in [0.2, 0.25) is 11.8 Å². The Morgan fingerprint density at radius 2 is 2.18 bits per heavy atom. The van der Waals surface area contributed by atoms with Gasteiger partial charge in [-0.3, -0.25) is 14.6 Å². The topological polar surface area (TPSA) is 70.6 Å². The van der Waals surface area contributed by atoms with E-state index in [2.05, 4.69) is 22.5 Å². The van der Waals surface area contributed by atoms with Gasteiger partial charge >= 0.3 is 0 Å². The van der Waals surface area contributed by atoms with Crippen LogP contribution in [0.2, 0.25) is 0 Å². The van der Waals surface area contributed by atoms with E-state index in [1.54, 1.807) is 0 Å². The molecule has 6 heteroatoms. The molecule has 0 aliphatic carbocycles. The summed E-state index contributed by atoms with van der Waals surface area (Å²) in [4.78, 5) is 28.3. The van der Waals surface area contributed by atoms with Gasteiger partial charge in [0.05, 0.1) is 0 Å². The zero-order valence-corrected chi connectivity index (χ0v) is 13.7. The van der Waals surface area contributed by atoms with Crippen molar-refractivity contribution < 1.29 is 9.59 Å². The van der Waals surface area contributed by atoms with E-state index in [-0.39, 0.29) is 18.2 Å². The number of amides is 2. The number of rotatable bonds is 6. The van der Waals surface area contributed by atoms with Crippen molar-refractivity contribution in [3.8, 4) is 0 Å². The zero-order chi connectivity index (χ0) is 15.9. The van der Waals surface area contributed by atoms with Crippen molar-refractivity contribution >= 4 is 34.4 Å². The Morgan fingerprint density at radius 3 is 2.91 bits per heavy atom. The molecule has 0 aromatic heterocycles. The summed E-state index contributed by atoms with van der Waals surface area (Å²) in [6.07, 6.45) is 2.22. The summed E-state index contributed by atoms with van der Waals surface area (Å²) in [5.41, 5.74) is 1.79. The van der Waals surface area contributed by atoms with Crippen molar-refractivity contribution in [2.24, 2.45) is 4.99 Å². The number of carbonyl (C=O) groups excluding carboxylic acids is 2. The van der Waals surface area contributed by atoms with Crippen molar-refractivity contribution in [2.75, 3.05) is 11.9 Å². The molecule has 1 aromatic carbocycles. The average molecular weight is 319 g/mol. The van der Waals surface area contributed by atoms with Crippen LogP contribution < -0.4 is 10.6 Å². The van der Waals surface area contributed by atoms with Crippen molar-refractivity contribution in [3.05, 3.63) is 29.8 Å². The number of nitrogens with zero attached hydrogens (tertiary/aromatic N) is 1. The third kappa shape index (κ3) is 4.59. The number of nitrogens with one attached hydrogen (secondary N) is 2. The molecule has 2 N–H and O–H groups in total. The van der Waals surface area contributed by atoms with Crippen molar-refractivity contribution in [1.82, 2.24) is 5.32 Å². The first kappa shape index (κ1) is 16.5. The number of anilines is 1. The number of benzene rings is 1. The summed E-state index contributed by atoms with van der Waals surface area (Å²) >= 11 is 1.34. The molecule has 22 heavy (non-hydrogen) atoms. The minimum atomic E-state index is -0.399. The molecule has 0 spiro atoms. The number of unbranched alkanes of at least 4 members (excludes halogenated alkanes) is 1. The number of carbonyl (C=O) groups is 2. The van der Waals surface area contributed by atoms with Crippen LogP contribution >= 0.6 is 11.8 Å². The maximum Gasteiger partial charge on any atom is 0.240 e. The highest BCUT2D eigenvalue weighted by Gasteiger charge is 2.31. The van der Waals surface area contributed by atoms with Crippen LogP contribution in [0.15, 0.2) is 29.3 Å². The predicted octanol–water partition coefficient (Wildman–Crippen LogP) is 2.71. The van der Waals surface area contributed by atoms with Crippen LogP contribution in [0.1, 0.15) is 31.7 Å². The Balaban J connectivity index is 1.88. The number of aliphatic imine (C=N–C) groups is 1. The molecule has 1 aromatic rings. The normalized spacial score (nSPS) is 19.3. The molecule has 0 radical (unpaired) electrons. The van der Waals surface area contributed by atoms with Crippen molar-refractivity contribution in [2.45, 2.75) is 38.4 Å². The van der Waals surface area contributed by atoms with Crippen LogP contribution in [0.3, 0.4) is 0 Å². The molecular formula is C16H21N3O2S. The van der Waals surface area contributed by atoms with E-state index in [1.807, 2.05) is 31.2 Å². The number of aryl methyl sites for hydroxylation is 1. The molecule has 1 saturated heterocycles. The van der Waals surface area contributed by atoms with Gasteiger partial charge in [-0.15, -0.1) is 0 Å². The molecular weight excluding hydrogens is 298 g/mol. The highest BCUT2D eigenvalue weighted by atomic mass is 32.2. The quantitative estimate of drug-likeness (QED) is 0.792. The second-order valence-corrected chi connectivity index (χ2v) is 6.39. The average Bonchev–Trinajstić information content (AvgIpc) is 2.82. The van der Waals surface area contributed by atoms with Crippen LogP contribution in [-0.4, -0.2) is 28.8 Å². The van der Waals surface area contributed by atoms with E-state index >= 15 is 0 Å². The lowest BCUT2D eigenvalue weighted by molar-refractivity contribution is -0.122. The van der Waals surface area contributed by atoms with Crippen LogP contribution in [0, 0.1) is 6.92 Å². The van der Waals surface area contributed by atoms with E-state index < -0.39 is 5.25 Å². The summed E-state index contributed by atoms with van der Waals surface area (Å²) in [6.45, 7) is 4.74. The smallest absolute Gasteiger partial charge is 0.240 e. The molecule has 5 nitrogen and oxygen atoms in total. The number of amidine groups is 1. The van der Waals surface area contributed by atoms with Crippen LogP contribution in [0.4, 0.5) is 5.69 Å². The molecule has 2 rings (SSSR count). The van der Waals surface area contributed by atoms with Crippen molar-refractivity contribution in [3.63, 3.8) is 0 Å². The third-order valence-electron chi connectivity index (χ3n) is 3.33. The summed E-state index contributed by atoms with van der Waals surface area (Å²) in [6, 6.07) is 7.58. The third-order valence-corrected chi connectivity index (χ3v) is 4.45. The first-order valence-corrected chi connectivity index (χ1v) is 8.35. The fourth-order valence-corrected chi connectivity index (χ4v) is 3.03. The molecule has 2 amide bonds. The lowest BCUT2D eigenvalue weighted by Crippen LogP contribution is -2.28. The number of thioether (sulfide) groups is 1. The lowest BCUT2D eigenvalue weighted by atomic mass is 10.2. The highest BCUT2D eigenvalue weighted by Crippen LogP contribution is 2.23. The van der Waals surface area contributed by atoms with Gasteiger partial charge in [0, 0.05) is 18.7 Å². The number of para-hydroxylation sites is 1. The minimum Gasteiger partial charge on any atom is -0.326 e. The summed E-state index contributed by atoms with van der Waals surface area (Å²) in [5.74, 6) is -0.294. The van der Waals surface area contributed by atoms with Crippen LogP contribution in [-0.2, 0) is 9.59 Å². The van der Waals surface area contributed by atoms with E-state index in [0.29, 0.717) is 11.7 Å². The highest BCUT2D eigenvalue weighted by molar-refractivity contribution is 8.15. The Bertz CT molecular complexity index is 587. The maximum atomic E-state index is 12.1. The number of hydrogen-bond acceptors (Lipinski definition) is 4.